The van der Waals surface area contributed by atoms with Crippen LogP contribution in [0.5, 0.6) is 0 Å². The third-order valence-electron chi connectivity index (χ3n) is 6.79. The molecule has 0 saturated carbocycles. The second-order valence-corrected chi connectivity index (χ2v) is 10.1. The standard InChI is InChI=1S/C21H24FN8O9P/c22-12-14(33)10(38-19(12)30-8-27-13-17(23)25-7-26-18(13)30)6-36-40(35)39-16-15(34)9(5-31)37-20(16)29-3-1-11(32)28-4-2-24-21(28)29/h1-4,7-10,12,14-16,19-20,31,33-34,40H,5-6H2,(H2,23,25,26)/t9-,10-,12+,14-,15-,16-,19-,20-/m1/s1. The molecule has 2 aliphatic rings. The average molecular weight is 582 g/mol. The maximum Gasteiger partial charge on any atom is 0.319 e. The summed E-state index contributed by atoms with van der Waals surface area (Å²) in [5.41, 5.74) is 5.83. The van der Waals surface area contributed by atoms with Crippen LogP contribution in [0.1, 0.15) is 12.5 Å². The molecule has 0 amide bonds. The summed E-state index contributed by atoms with van der Waals surface area (Å²) in [6, 6.07) is 1.24. The number of ether oxygens (including phenoxy) is 2. The molecule has 6 rings (SSSR count). The van der Waals surface area contributed by atoms with Gasteiger partial charge in [-0.25, -0.2) is 24.3 Å². The summed E-state index contributed by atoms with van der Waals surface area (Å²) in [5, 5.41) is 30.7. The normalized spacial score (nSPS) is 31.4. The molecule has 19 heteroatoms. The number of fused-ring (bicyclic) bond motifs is 2. The molecule has 2 fully saturated rings. The first-order valence-electron chi connectivity index (χ1n) is 12.0. The lowest BCUT2D eigenvalue weighted by Gasteiger charge is -2.23. The molecule has 4 aromatic heterocycles. The molecule has 40 heavy (non-hydrogen) atoms. The largest absolute Gasteiger partial charge is 0.394 e. The van der Waals surface area contributed by atoms with Crippen LogP contribution in [0.25, 0.3) is 16.9 Å². The molecule has 0 aliphatic carbocycles. The number of nitrogen functional groups attached to an aromatic ring is 1. The third kappa shape index (κ3) is 4.47. The zero-order valence-electron chi connectivity index (χ0n) is 20.4. The number of imidazole rings is 2. The number of hydrogen-bond donors (Lipinski definition) is 4. The van der Waals surface area contributed by atoms with E-state index in [2.05, 4.69) is 19.9 Å². The lowest BCUT2D eigenvalue weighted by molar-refractivity contribution is -0.0533. The molecule has 9 atom stereocenters. The first-order chi connectivity index (χ1) is 19.3. The van der Waals surface area contributed by atoms with Gasteiger partial charge in [0.2, 0.25) is 5.78 Å². The van der Waals surface area contributed by atoms with Gasteiger partial charge in [0.05, 0.1) is 19.5 Å². The number of aromatic nitrogens is 7. The number of rotatable bonds is 8. The van der Waals surface area contributed by atoms with E-state index < -0.39 is 70.6 Å². The highest BCUT2D eigenvalue weighted by Gasteiger charge is 2.48. The van der Waals surface area contributed by atoms with Crippen LogP contribution in [0.2, 0.25) is 0 Å². The summed E-state index contributed by atoms with van der Waals surface area (Å²) in [4.78, 5) is 28.1. The zero-order valence-corrected chi connectivity index (χ0v) is 21.4. The molecule has 6 heterocycles. The Bertz CT molecular complexity index is 1620. The molecular weight excluding hydrogens is 558 g/mol. The van der Waals surface area contributed by atoms with Crippen molar-refractivity contribution in [1.29, 1.82) is 0 Å². The van der Waals surface area contributed by atoms with E-state index in [0.717, 1.165) is 0 Å². The van der Waals surface area contributed by atoms with Crippen molar-refractivity contribution in [1.82, 2.24) is 33.5 Å². The first kappa shape index (κ1) is 26.9. The van der Waals surface area contributed by atoms with Crippen LogP contribution in [0.15, 0.2) is 42.1 Å². The van der Waals surface area contributed by atoms with Crippen molar-refractivity contribution in [3.05, 3.63) is 47.7 Å². The van der Waals surface area contributed by atoms with Crippen LogP contribution in [-0.2, 0) is 23.1 Å². The topological polar surface area (TPSA) is 224 Å². The number of nitrogens with two attached hydrogens (primary N) is 1. The third-order valence-corrected chi connectivity index (χ3v) is 7.65. The van der Waals surface area contributed by atoms with Crippen LogP contribution < -0.4 is 11.3 Å². The van der Waals surface area contributed by atoms with Gasteiger partial charge >= 0.3 is 8.25 Å². The quantitative estimate of drug-likeness (QED) is 0.175. The van der Waals surface area contributed by atoms with Crippen LogP contribution in [0.4, 0.5) is 10.2 Å². The minimum absolute atomic E-state index is 0.0868. The highest BCUT2D eigenvalue weighted by Crippen LogP contribution is 2.40. The number of halogens is 1. The van der Waals surface area contributed by atoms with Crippen molar-refractivity contribution < 1.29 is 42.8 Å². The Balaban J connectivity index is 1.15. The van der Waals surface area contributed by atoms with Gasteiger partial charge in [-0.15, -0.1) is 0 Å². The fraction of sp³-hybridized carbons (Fsp3) is 0.476. The molecule has 1 unspecified atom stereocenters. The van der Waals surface area contributed by atoms with Crippen molar-refractivity contribution in [2.75, 3.05) is 18.9 Å². The van der Waals surface area contributed by atoms with Crippen molar-refractivity contribution >= 4 is 31.0 Å². The van der Waals surface area contributed by atoms with Crippen molar-refractivity contribution in [3.8, 4) is 0 Å². The van der Waals surface area contributed by atoms with E-state index in [0.29, 0.717) is 0 Å². The summed E-state index contributed by atoms with van der Waals surface area (Å²) in [7, 11) is -3.40. The highest BCUT2D eigenvalue weighted by molar-refractivity contribution is 7.33. The fourth-order valence-electron chi connectivity index (χ4n) is 4.79. The Kier molecular flexibility index (Phi) is 7.09. The Morgan fingerprint density at radius 1 is 1.07 bits per heavy atom. The number of aliphatic hydroxyl groups excluding tert-OH is 3. The minimum Gasteiger partial charge on any atom is -0.394 e. The van der Waals surface area contributed by atoms with E-state index in [1.54, 1.807) is 0 Å². The van der Waals surface area contributed by atoms with Crippen LogP contribution in [0, 0.1) is 0 Å². The molecule has 0 spiro atoms. The van der Waals surface area contributed by atoms with Gasteiger partial charge in [0.25, 0.3) is 5.56 Å². The summed E-state index contributed by atoms with van der Waals surface area (Å²) in [6.07, 6.45) is -4.53. The van der Waals surface area contributed by atoms with E-state index >= 15 is 4.39 Å². The molecule has 4 aromatic rings. The summed E-state index contributed by atoms with van der Waals surface area (Å²) in [5.74, 6) is 0.239. The highest BCUT2D eigenvalue weighted by atomic mass is 31.1. The Labute approximate surface area is 223 Å². The Morgan fingerprint density at radius 2 is 1.88 bits per heavy atom. The second-order valence-electron chi connectivity index (χ2n) is 9.12. The fourth-order valence-corrected chi connectivity index (χ4v) is 5.63. The van der Waals surface area contributed by atoms with Gasteiger partial charge in [-0.1, -0.05) is 0 Å². The maximum absolute atomic E-state index is 15.0. The molecule has 17 nitrogen and oxygen atoms in total. The van der Waals surface area contributed by atoms with E-state index in [9.17, 15) is 24.7 Å². The van der Waals surface area contributed by atoms with E-state index in [1.165, 1.54) is 50.8 Å². The van der Waals surface area contributed by atoms with Crippen molar-refractivity contribution in [2.45, 2.75) is 49.1 Å². The van der Waals surface area contributed by atoms with Gasteiger partial charge in [0, 0.05) is 24.7 Å². The van der Waals surface area contributed by atoms with Gasteiger partial charge in [0.1, 0.15) is 42.4 Å². The lowest BCUT2D eigenvalue weighted by Crippen LogP contribution is -2.35. The van der Waals surface area contributed by atoms with Gasteiger partial charge in [0.15, 0.2) is 30.1 Å². The Hall–Kier alpha value is -3.35. The SMILES string of the molecule is Nc1ncnc2c1ncn2[C@@H]1O[C@H](CO[PH](=O)O[C@@H]2[C@H](O)[C@@H](CO)O[C@H]2n2ccc(=O)n3ccnc23)[C@@H](O)[C@@H]1F. The average Bonchev–Trinajstić information content (AvgIpc) is 3.72. The minimum atomic E-state index is -3.40. The Morgan fingerprint density at radius 3 is 2.67 bits per heavy atom. The monoisotopic (exact) mass is 582 g/mol. The molecule has 214 valence electrons. The van der Waals surface area contributed by atoms with Gasteiger partial charge in [-0.2, -0.15) is 0 Å². The maximum atomic E-state index is 15.0. The van der Waals surface area contributed by atoms with Crippen LogP contribution >= 0.6 is 8.25 Å². The van der Waals surface area contributed by atoms with E-state index in [1.807, 2.05) is 0 Å². The number of nitrogens with zero attached hydrogens (tertiary/aromatic N) is 7. The van der Waals surface area contributed by atoms with Crippen LogP contribution in [0.3, 0.4) is 0 Å². The van der Waals surface area contributed by atoms with Crippen molar-refractivity contribution in [3.63, 3.8) is 0 Å². The van der Waals surface area contributed by atoms with Gasteiger partial charge < -0.3 is 35.1 Å². The second kappa shape index (κ2) is 10.6. The smallest absolute Gasteiger partial charge is 0.319 e. The molecule has 0 radical (unpaired) electrons. The molecular formula is C21H24FN8O9P. The summed E-state index contributed by atoms with van der Waals surface area (Å²) < 4.78 is 53.8. The number of anilines is 1. The molecule has 2 aliphatic heterocycles. The van der Waals surface area contributed by atoms with Crippen LogP contribution in [-0.4, -0.2) is 98.7 Å². The lowest BCUT2D eigenvalue weighted by atomic mass is 10.1. The zero-order chi connectivity index (χ0) is 28.1. The van der Waals surface area contributed by atoms with Gasteiger partial charge in [-0.3, -0.25) is 27.4 Å². The summed E-state index contributed by atoms with van der Waals surface area (Å²) >= 11 is 0. The predicted octanol–water partition coefficient (Wildman–Crippen LogP) is -1.44. The molecule has 0 aromatic carbocycles. The first-order valence-corrected chi connectivity index (χ1v) is 13.2. The number of aliphatic hydroxyl groups is 3. The van der Waals surface area contributed by atoms with E-state index in [4.69, 9.17) is 24.3 Å². The summed E-state index contributed by atoms with van der Waals surface area (Å²) in [6.45, 7) is -1.11. The molecule has 2 saturated heterocycles. The number of alkyl halides is 1. The number of hydrogen-bond acceptors (Lipinski definition) is 14. The van der Waals surface area contributed by atoms with Gasteiger partial charge in [-0.05, 0) is 0 Å². The predicted molar refractivity (Wildman–Crippen MR) is 131 cm³/mol. The molecule has 0 bridgehead atoms. The van der Waals surface area contributed by atoms with E-state index in [-0.39, 0.29) is 28.3 Å². The van der Waals surface area contributed by atoms with Crippen molar-refractivity contribution in [2.24, 2.45) is 0 Å². The molecule has 5 N–H and O–H groups in total.